The molecule has 4 nitrogen and oxygen atoms in total. The number of aromatic nitrogens is 2. The zero-order chi connectivity index (χ0) is 9.14. The Labute approximate surface area is 76.7 Å². The fourth-order valence-corrected chi connectivity index (χ4v) is 0.923. The van der Waals surface area contributed by atoms with E-state index in [9.17, 15) is 0 Å². The normalized spacial score (nSPS) is 10.2. The van der Waals surface area contributed by atoms with Gasteiger partial charge in [-0.15, -0.1) is 0 Å². The average Bonchev–Trinajstić information content (AvgIpc) is 2.34. The third-order valence-electron chi connectivity index (χ3n) is 1.39. The number of nitrogens with zero attached hydrogens (tertiary/aromatic N) is 2. The zero-order valence-corrected chi connectivity index (χ0v) is 7.93. The van der Waals surface area contributed by atoms with Gasteiger partial charge >= 0.3 is 0 Å². The van der Waals surface area contributed by atoms with E-state index in [0.29, 0.717) is 11.9 Å². The Morgan fingerprint density at radius 1 is 1.75 bits per heavy atom. The molecule has 0 aliphatic carbocycles. The van der Waals surface area contributed by atoms with Gasteiger partial charge < -0.3 is 11.1 Å². The lowest BCUT2D eigenvalue weighted by atomic mass is 10.4. The first-order valence-electron chi connectivity index (χ1n) is 3.71. The van der Waals surface area contributed by atoms with Crippen LogP contribution >= 0.6 is 12.2 Å². The fraction of sp³-hybridized carbons (Fsp3) is 0.429. The van der Waals surface area contributed by atoms with Gasteiger partial charge in [0.15, 0.2) is 10.9 Å². The molecule has 0 aromatic carbocycles. The molecule has 0 amide bonds. The molecule has 0 saturated carbocycles. The van der Waals surface area contributed by atoms with Crippen molar-refractivity contribution in [3.05, 3.63) is 12.3 Å². The molecule has 12 heavy (non-hydrogen) atoms. The molecule has 0 spiro atoms. The summed E-state index contributed by atoms with van der Waals surface area (Å²) in [4.78, 5) is 0. The lowest BCUT2D eigenvalue weighted by Crippen LogP contribution is -2.19. The maximum Gasteiger partial charge on any atom is 0.169 e. The van der Waals surface area contributed by atoms with Gasteiger partial charge in [0.2, 0.25) is 0 Å². The van der Waals surface area contributed by atoms with Gasteiger partial charge in [0.25, 0.3) is 0 Å². The number of hydrogen-bond acceptors (Lipinski definition) is 2. The van der Waals surface area contributed by atoms with E-state index in [1.54, 1.807) is 0 Å². The molecule has 66 valence electrons. The lowest BCUT2D eigenvalue weighted by molar-refractivity contribution is 0.534. The van der Waals surface area contributed by atoms with E-state index in [1.807, 2.05) is 16.9 Å². The summed E-state index contributed by atoms with van der Waals surface area (Å²) in [5, 5.41) is 7.19. The SMILES string of the molecule is CC(C)n1ccc(NC(N)=S)n1. The van der Waals surface area contributed by atoms with Crippen molar-refractivity contribution in [2.45, 2.75) is 19.9 Å². The molecule has 5 heteroatoms. The van der Waals surface area contributed by atoms with Gasteiger partial charge in [-0.05, 0) is 26.1 Å². The number of rotatable bonds is 2. The summed E-state index contributed by atoms with van der Waals surface area (Å²) in [6, 6.07) is 2.19. The summed E-state index contributed by atoms with van der Waals surface area (Å²) in [6.07, 6.45) is 1.88. The van der Waals surface area contributed by atoms with E-state index in [4.69, 9.17) is 5.73 Å². The fourth-order valence-electron chi connectivity index (χ4n) is 0.819. The molecule has 0 aliphatic heterocycles. The number of thiocarbonyl (C=S) groups is 1. The summed E-state index contributed by atoms with van der Waals surface area (Å²) in [5.74, 6) is 0.691. The van der Waals surface area contributed by atoms with Crippen molar-refractivity contribution in [3.8, 4) is 0 Å². The first-order valence-corrected chi connectivity index (χ1v) is 4.12. The molecule has 0 aliphatic rings. The Bertz CT molecular complexity index is 279. The van der Waals surface area contributed by atoms with E-state index in [2.05, 4.69) is 36.5 Å². The number of nitrogens with one attached hydrogen (secondary N) is 1. The van der Waals surface area contributed by atoms with E-state index in [0.717, 1.165) is 0 Å². The maximum atomic E-state index is 5.28. The molecule has 0 bridgehead atoms. The predicted octanol–water partition coefficient (Wildman–Crippen LogP) is 1.12. The molecule has 1 aromatic heterocycles. The van der Waals surface area contributed by atoms with Gasteiger partial charge in [-0.1, -0.05) is 0 Å². The minimum absolute atomic E-state index is 0.240. The van der Waals surface area contributed by atoms with Crippen molar-refractivity contribution in [2.24, 2.45) is 5.73 Å². The number of nitrogens with two attached hydrogens (primary N) is 1. The lowest BCUT2D eigenvalue weighted by Gasteiger charge is -2.03. The van der Waals surface area contributed by atoms with Crippen LogP contribution in [0.25, 0.3) is 0 Å². The first-order chi connectivity index (χ1) is 5.59. The number of hydrogen-bond donors (Lipinski definition) is 2. The van der Waals surface area contributed by atoms with Crippen molar-refractivity contribution < 1.29 is 0 Å². The van der Waals surface area contributed by atoms with Gasteiger partial charge in [-0.3, -0.25) is 4.68 Å². The van der Waals surface area contributed by atoms with Gasteiger partial charge in [0.1, 0.15) is 0 Å². The third kappa shape index (κ3) is 2.20. The molecule has 0 fully saturated rings. The van der Waals surface area contributed by atoms with Gasteiger partial charge in [0, 0.05) is 18.3 Å². The molecule has 0 unspecified atom stereocenters. The van der Waals surface area contributed by atoms with Crippen LogP contribution in [-0.2, 0) is 0 Å². The first kappa shape index (κ1) is 8.99. The van der Waals surface area contributed by atoms with Crippen molar-refractivity contribution in [1.29, 1.82) is 0 Å². The van der Waals surface area contributed by atoms with Gasteiger partial charge in [-0.25, -0.2) is 0 Å². The average molecular weight is 184 g/mol. The molecule has 1 heterocycles. The van der Waals surface area contributed by atoms with Crippen LogP contribution in [0.3, 0.4) is 0 Å². The van der Waals surface area contributed by atoms with Crippen LogP contribution in [0.15, 0.2) is 12.3 Å². The Hall–Kier alpha value is -1.10. The highest BCUT2D eigenvalue weighted by atomic mass is 32.1. The van der Waals surface area contributed by atoms with E-state index < -0.39 is 0 Å². The Kier molecular flexibility index (Phi) is 2.65. The van der Waals surface area contributed by atoms with Crippen LogP contribution in [0.2, 0.25) is 0 Å². The van der Waals surface area contributed by atoms with Crippen molar-refractivity contribution in [1.82, 2.24) is 9.78 Å². The number of anilines is 1. The highest BCUT2D eigenvalue weighted by Crippen LogP contribution is 2.07. The van der Waals surface area contributed by atoms with Crippen LogP contribution in [0.5, 0.6) is 0 Å². The second-order valence-electron chi connectivity index (χ2n) is 2.76. The van der Waals surface area contributed by atoms with Crippen LogP contribution in [0.4, 0.5) is 5.82 Å². The molecule has 0 saturated heterocycles. The Morgan fingerprint density at radius 2 is 2.42 bits per heavy atom. The summed E-state index contributed by atoms with van der Waals surface area (Å²) < 4.78 is 1.83. The largest absolute Gasteiger partial charge is 0.376 e. The smallest absolute Gasteiger partial charge is 0.169 e. The summed E-state index contributed by atoms with van der Waals surface area (Å²) >= 11 is 4.67. The molecular formula is C7H12N4S. The molecular weight excluding hydrogens is 172 g/mol. The van der Waals surface area contributed by atoms with Crippen LogP contribution < -0.4 is 11.1 Å². The highest BCUT2D eigenvalue weighted by Gasteiger charge is 2.00. The van der Waals surface area contributed by atoms with E-state index in [-0.39, 0.29) is 5.11 Å². The second kappa shape index (κ2) is 3.53. The Morgan fingerprint density at radius 3 is 2.83 bits per heavy atom. The van der Waals surface area contributed by atoms with Crippen molar-refractivity contribution in [2.75, 3.05) is 5.32 Å². The third-order valence-corrected chi connectivity index (χ3v) is 1.49. The maximum absolute atomic E-state index is 5.28. The minimum atomic E-state index is 0.240. The van der Waals surface area contributed by atoms with E-state index >= 15 is 0 Å². The quantitative estimate of drug-likeness (QED) is 0.676. The monoisotopic (exact) mass is 184 g/mol. The zero-order valence-electron chi connectivity index (χ0n) is 7.11. The molecule has 1 rings (SSSR count). The predicted molar refractivity (Wildman–Crippen MR) is 53.0 cm³/mol. The van der Waals surface area contributed by atoms with Crippen molar-refractivity contribution >= 4 is 23.1 Å². The summed E-state index contributed by atoms with van der Waals surface area (Å²) in [6.45, 7) is 4.11. The van der Waals surface area contributed by atoms with Crippen LogP contribution in [0, 0.1) is 0 Å². The van der Waals surface area contributed by atoms with Crippen LogP contribution in [0.1, 0.15) is 19.9 Å². The van der Waals surface area contributed by atoms with Gasteiger partial charge in [0.05, 0.1) is 0 Å². The van der Waals surface area contributed by atoms with Crippen LogP contribution in [-0.4, -0.2) is 14.9 Å². The standard InChI is InChI=1S/C7H12N4S/c1-5(2)11-4-3-6(10-11)9-7(8)12/h3-5H,1-2H3,(H3,8,9,10,12). The second-order valence-corrected chi connectivity index (χ2v) is 3.20. The van der Waals surface area contributed by atoms with Gasteiger partial charge in [-0.2, -0.15) is 5.10 Å². The summed E-state index contributed by atoms with van der Waals surface area (Å²) in [7, 11) is 0. The highest BCUT2D eigenvalue weighted by molar-refractivity contribution is 7.80. The topological polar surface area (TPSA) is 55.9 Å². The minimum Gasteiger partial charge on any atom is -0.376 e. The molecule has 0 atom stereocenters. The molecule has 0 radical (unpaired) electrons. The summed E-state index contributed by atoms with van der Waals surface area (Å²) in [5.41, 5.74) is 5.28. The van der Waals surface area contributed by atoms with E-state index in [1.165, 1.54) is 0 Å². The molecule has 3 N–H and O–H groups in total. The van der Waals surface area contributed by atoms with Crippen molar-refractivity contribution in [3.63, 3.8) is 0 Å². The Balaban J connectivity index is 2.70. The molecule has 1 aromatic rings.